The van der Waals surface area contributed by atoms with E-state index < -0.39 is 0 Å². The van der Waals surface area contributed by atoms with Gasteiger partial charge in [-0.25, -0.2) is 4.79 Å². The predicted molar refractivity (Wildman–Crippen MR) is 73.5 cm³/mol. The van der Waals surface area contributed by atoms with E-state index in [0.717, 1.165) is 38.6 Å². The Balaban J connectivity index is 1.99. The molecule has 0 bridgehead atoms. The van der Waals surface area contributed by atoms with Gasteiger partial charge in [-0.05, 0) is 31.6 Å². The van der Waals surface area contributed by atoms with Gasteiger partial charge in [-0.3, -0.25) is 0 Å². The van der Waals surface area contributed by atoms with Gasteiger partial charge in [0.25, 0.3) is 0 Å². The molecule has 4 nitrogen and oxygen atoms in total. The molecular weight excluding hydrogens is 228 g/mol. The van der Waals surface area contributed by atoms with Crippen LogP contribution in [0.2, 0.25) is 0 Å². The number of aliphatic hydroxyl groups excluding tert-OH is 1. The van der Waals surface area contributed by atoms with Gasteiger partial charge in [0.15, 0.2) is 0 Å². The van der Waals surface area contributed by atoms with Crippen LogP contribution in [0.3, 0.4) is 0 Å². The number of nitrogens with one attached hydrogen (secondary N) is 2. The van der Waals surface area contributed by atoms with Crippen molar-refractivity contribution < 1.29 is 9.90 Å². The molecule has 18 heavy (non-hydrogen) atoms. The summed E-state index contributed by atoms with van der Waals surface area (Å²) in [6.45, 7) is 3.63. The third kappa shape index (κ3) is 6.84. The van der Waals surface area contributed by atoms with Gasteiger partial charge in [-0.2, -0.15) is 0 Å². The van der Waals surface area contributed by atoms with Crippen molar-refractivity contribution in [2.24, 2.45) is 5.92 Å². The lowest BCUT2D eigenvalue weighted by atomic mass is 9.87. The van der Waals surface area contributed by atoms with Crippen LogP contribution in [-0.4, -0.2) is 30.3 Å². The molecule has 0 radical (unpaired) electrons. The second-order valence-electron chi connectivity index (χ2n) is 5.38. The summed E-state index contributed by atoms with van der Waals surface area (Å²) in [5.74, 6) is 0.444. The van der Waals surface area contributed by atoms with E-state index in [1.807, 2.05) is 0 Å². The van der Waals surface area contributed by atoms with E-state index in [1.165, 1.54) is 19.3 Å². The fourth-order valence-electron chi connectivity index (χ4n) is 2.50. The fraction of sp³-hybridized carbons (Fsp3) is 0.929. The SMILES string of the molecule is CCCCCCNC(=O)NCC1CCCC(O)C1. The molecule has 1 saturated carbocycles. The number of carbonyl (C=O) groups excluding carboxylic acids is 1. The molecule has 0 aromatic heterocycles. The van der Waals surface area contributed by atoms with Crippen LogP contribution in [0.25, 0.3) is 0 Å². The second-order valence-corrected chi connectivity index (χ2v) is 5.38. The van der Waals surface area contributed by atoms with Gasteiger partial charge in [0, 0.05) is 13.1 Å². The van der Waals surface area contributed by atoms with Crippen molar-refractivity contribution in [3.63, 3.8) is 0 Å². The Bertz CT molecular complexity index is 234. The summed E-state index contributed by atoms with van der Waals surface area (Å²) in [6, 6.07) is -0.0634. The van der Waals surface area contributed by atoms with Crippen LogP contribution in [0.1, 0.15) is 58.3 Å². The Hall–Kier alpha value is -0.770. The first-order chi connectivity index (χ1) is 8.72. The summed E-state index contributed by atoms with van der Waals surface area (Å²) >= 11 is 0. The molecule has 0 saturated heterocycles. The number of urea groups is 1. The third-order valence-corrected chi connectivity index (χ3v) is 3.62. The molecule has 1 aliphatic rings. The van der Waals surface area contributed by atoms with Crippen molar-refractivity contribution in [2.75, 3.05) is 13.1 Å². The van der Waals surface area contributed by atoms with Crippen molar-refractivity contribution in [1.29, 1.82) is 0 Å². The molecule has 2 unspecified atom stereocenters. The van der Waals surface area contributed by atoms with E-state index in [1.54, 1.807) is 0 Å². The van der Waals surface area contributed by atoms with Crippen molar-refractivity contribution in [3.8, 4) is 0 Å². The molecular formula is C14H28N2O2. The largest absolute Gasteiger partial charge is 0.393 e. The Morgan fingerprint density at radius 3 is 2.78 bits per heavy atom. The monoisotopic (exact) mass is 256 g/mol. The molecule has 0 aromatic carbocycles. The highest BCUT2D eigenvalue weighted by Crippen LogP contribution is 2.23. The Morgan fingerprint density at radius 2 is 2.06 bits per heavy atom. The molecule has 1 aliphatic carbocycles. The zero-order chi connectivity index (χ0) is 13.2. The van der Waals surface area contributed by atoms with Gasteiger partial charge in [0.05, 0.1) is 6.10 Å². The van der Waals surface area contributed by atoms with Crippen molar-refractivity contribution in [2.45, 2.75) is 64.4 Å². The fourth-order valence-corrected chi connectivity index (χ4v) is 2.50. The molecule has 0 aliphatic heterocycles. The molecule has 2 amide bonds. The molecule has 0 aromatic rings. The lowest BCUT2D eigenvalue weighted by molar-refractivity contribution is 0.101. The maximum atomic E-state index is 11.5. The summed E-state index contributed by atoms with van der Waals surface area (Å²) in [6.07, 6.45) is 8.48. The Kier molecular flexibility index (Phi) is 7.81. The highest BCUT2D eigenvalue weighted by Gasteiger charge is 2.20. The first-order valence-electron chi connectivity index (χ1n) is 7.42. The topological polar surface area (TPSA) is 61.4 Å². The number of aliphatic hydroxyl groups is 1. The third-order valence-electron chi connectivity index (χ3n) is 3.62. The minimum Gasteiger partial charge on any atom is -0.393 e. The highest BCUT2D eigenvalue weighted by atomic mass is 16.3. The quantitative estimate of drug-likeness (QED) is 0.613. The second kappa shape index (κ2) is 9.20. The standard InChI is InChI=1S/C14H28N2O2/c1-2-3-4-5-9-15-14(18)16-11-12-7-6-8-13(17)10-12/h12-13,17H,2-11H2,1H3,(H2,15,16,18). The van der Waals surface area contributed by atoms with Crippen LogP contribution in [0.15, 0.2) is 0 Å². The summed E-state index contributed by atoms with van der Waals surface area (Å²) in [7, 11) is 0. The number of rotatable bonds is 7. The number of amides is 2. The van der Waals surface area contributed by atoms with Crippen LogP contribution < -0.4 is 10.6 Å². The minimum atomic E-state index is -0.164. The van der Waals surface area contributed by atoms with Gasteiger partial charge in [0.1, 0.15) is 0 Å². The van der Waals surface area contributed by atoms with Gasteiger partial charge in [-0.1, -0.05) is 32.6 Å². The average Bonchev–Trinajstić information content (AvgIpc) is 2.36. The maximum absolute atomic E-state index is 11.5. The van der Waals surface area contributed by atoms with Gasteiger partial charge >= 0.3 is 6.03 Å². The smallest absolute Gasteiger partial charge is 0.314 e. The van der Waals surface area contributed by atoms with E-state index in [-0.39, 0.29) is 12.1 Å². The number of hydrogen-bond donors (Lipinski definition) is 3. The van der Waals surface area contributed by atoms with Gasteiger partial charge in [-0.15, -0.1) is 0 Å². The number of hydrogen-bond acceptors (Lipinski definition) is 2. The first-order valence-corrected chi connectivity index (χ1v) is 7.42. The normalized spacial score (nSPS) is 23.7. The predicted octanol–water partition coefficient (Wildman–Crippen LogP) is 2.42. The van der Waals surface area contributed by atoms with Gasteiger partial charge < -0.3 is 15.7 Å². The van der Waals surface area contributed by atoms with Crippen molar-refractivity contribution in [3.05, 3.63) is 0 Å². The molecule has 4 heteroatoms. The van der Waals surface area contributed by atoms with E-state index in [2.05, 4.69) is 17.6 Å². The van der Waals surface area contributed by atoms with E-state index in [9.17, 15) is 9.90 Å². The lowest BCUT2D eigenvalue weighted by Crippen LogP contribution is -2.39. The summed E-state index contributed by atoms with van der Waals surface area (Å²) in [4.78, 5) is 11.5. The molecule has 3 N–H and O–H groups in total. The van der Waals surface area contributed by atoms with E-state index in [0.29, 0.717) is 12.5 Å². The number of unbranched alkanes of at least 4 members (excludes halogenated alkanes) is 3. The van der Waals surface area contributed by atoms with Crippen LogP contribution in [-0.2, 0) is 0 Å². The van der Waals surface area contributed by atoms with Crippen molar-refractivity contribution in [1.82, 2.24) is 10.6 Å². The van der Waals surface area contributed by atoms with Crippen LogP contribution in [0.4, 0.5) is 4.79 Å². The molecule has 1 fully saturated rings. The zero-order valence-electron chi connectivity index (χ0n) is 11.6. The zero-order valence-corrected chi connectivity index (χ0v) is 11.6. The summed E-state index contributed by atoms with van der Waals surface area (Å²) in [5, 5.41) is 15.3. The first kappa shape index (κ1) is 15.3. The molecule has 0 spiro atoms. The highest BCUT2D eigenvalue weighted by molar-refractivity contribution is 5.73. The summed E-state index contributed by atoms with van der Waals surface area (Å²) in [5.41, 5.74) is 0. The van der Waals surface area contributed by atoms with Crippen LogP contribution in [0, 0.1) is 5.92 Å². The van der Waals surface area contributed by atoms with E-state index >= 15 is 0 Å². The van der Waals surface area contributed by atoms with Gasteiger partial charge in [0.2, 0.25) is 0 Å². The average molecular weight is 256 g/mol. The van der Waals surface area contributed by atoms with E-state index in [4.69, 9.17) is 0 Å². The maximum Gasteiger partial charge on any atom is 0.314 e. The Labute approximate surface area is 111 Å². The summed E-state index contributed by atoms with van der Waals surface area (Å²) < 4.78 is 0. The van der Waals surface area contributed by atoms with Crippen molar-refractivity contribution >= 4 is 6.03 Å². The molecule has 106 valence electrons. The molecule has 1 rings (SSSR count). The Morgan fingerprint density at radius 1 is 1.22 bits per heavy atom. The van der Waals surface area contributed by atoms with Crippen LogP contribution >= 0.6 is 0 Å². The molecule has 2 atom stereocenters. The van der Waals surface area contributed by atoms with Crippen LogP contribution in [0.5, 0.6) is 0 Å². The molecule has 0 heterocycles. The lowest BCUT2D eigenvalue weighted by Gasteiger charge is -2.25. The minimum absolute atomic E-state index is 0.0634. The number of carbonyl (C=O) groups is 1.